The molecule has 1 N–H and O–H groups in total. The fourth-order valence-electron chi connectivity index (χ4n) is 2.47. The molecule has 0 radical (unpaired) electrons. The summed E-state index contributed by atoms with van der Waals surface area (Å²) in [5.74, 6) is 0. The van der Waals surface area contributed by atoms with Crippen molar-refractivity contribution in [2.45, 2.75) is 63.3 Å². The van der Waals surface area contributed by atoms with E-state index in [0.29, 0.717) is 6.10 Å². The molecule has 2 rings (SSSR count). The Labute approximate surface area is 73.9 Å². The first-order valence-electron chi connectivity index (χ1n) is 5.02. The topological polar surface area (TPSA) is 32.8 Å². The van der Waals surface area contributed by atoms with Crippen LogP contribution >= 0.6 is 0 Å². The van der Waals surface area contributed by atoms with Gasteiger partial charge in [0.15, 0.2) is 0 Å². The second-order valence-electron chi connectivity index (χ2n) is 4.39. The summed E-state index contributed by atoms with van der Waals surface area (Å²) in [5.41, 5.74) is -0.685. The monoisotopic (exact) mass is 170 g/mol. The van der Waals surface area contributed by atoms with E-state index in [2.05, 4.69) is 13.8 Å². The third kappa shape index (κ3) is 0.944. The van der Waals surface area contributed by atoms with Gasteiger partial charge in [-0.25, -0.2) is 0 Å². The van der Waals surface area contributed by atoms with Crippen molar-refractivity contribution in [2.75, 3.05) is 0 Å². The number of aliphatic hydroxyl groups is 1. The molecule has 1 aliphatic carbocycles. The van der Waals surface area contributed by atoms with Crippen LogP contribution in [0.2, 0.25) is 0 Å². The van der Waals surface area contributed by atoms with Crippen molar-refractivity contribution in [1.82, 2.24) is 0 Å². The summed E-state index contributed by atoms with van der Waals surface area (Å²) in [6, 6.07) is 0. The maximum atomic E-state index is 10.3. The van der Waals surface area contributed by atoms with Crippen LogP contribution in [-0.2, 0) is 4.74 Å². The van der Waals surface area contributed by atoms with Crippen molar-refractivity contribution >= 4 is 0 Å². The number of hydrogen-bond donors (Lipinski definition) is 1. The second kappa shape index (κ2) is 2.46. The molecule has 1 aliphatic heterocycles. The van der Waals surface area contributed by atoms with E-state index in [0.717, 1.165) is 32.1 Å². The summed E-state index contributed by atoms with van der Waals surface area (Å²) in [6.07, 6.45) is 5.53. The first-order valence-corrected chi connectivity index (χ1v) is 5.02. The van der Waals surface area contributed by atoms with Gasteiger partial charge in [0.05, 0.1) is 11.7 Å². The highest BCUT2D eigenvalue weighted by atomic mass is 16.6. The van der Waals surface area contributed by atoms with Crippen LogP contribution in [0.25, 0.3) is 0 Å². The number of ether oxygens (including phenoxy) is 1. The lowest BCUT2D eigenvalue weighted by Gasteiger charge is -2.28. The number of rotatable bonds is 3. The Kier molecular flexibility index (Phi) is 1.74. The van der Waals surface area contributed by atoms with E-state index in [-0.39, 0.29) is 5.60 Å². The summed E-state index contributed by atoms with van der Waals surface area (Å²) in [5, 5.41) is 10.3. The maximum absolute atomic E-state index is 10.3. The Hall–Kier alpha value is -0.0800. The average Bonchev–Trinajstić information content (AvgIpc) is 2.66. The summed E-state index contributed by atoms with van der Waals surface area (Å²) >= 11 is 0. The van der Waals surface area contributed by atoms with Crippen LogP contribution in [-0.4, -0.2) is 22.4 Å². The molecule has 3 atom stereocenters. The SMILES string of the molecule is CCCC[C@]1(O)CC[C@H]2O[C@]21C. The summed E-state index contributed by atoms with van der Waals surface area (Å²) < 4.78 is 5.50. The van der Waals surface area contributed by atoms with Gasteiger partial charge in [-0.05, 0) is 26.2 Å². The fourth-order valence-corrected chi connectivity index (χ4v) is 2.47. The molecule has 1 saturated carbocycles. The largest absolute Gasteiger partial charge is 0.387 e. The third-order valence-electron chi connectivity index (χ3n) is 3.63. The van der Waals surface area contributed by atoms with Gasteiger partial charge in [0.1, 0.15) is 5.60 Å². The molecule has 2 fully saturated rings. The van der Waals surface area contributed by atoms with Gasteiger partial charge < -0.3 is 9.84 Å². The second-order valence-corrected chi connectivity index (χ2v) is 4.39. The van der Waals surface area contributed by atoms with Gasteiger partial charge >= 0.3 is 0 Å². The summed E-state index contributed by atoms with van der Waals surface area (Å²) in [6.45, 7) is 4.21. The van der Waals surface area contributed by atoms with E-state index in [1.54, 1.807) is 0 Å². The zero-order valence-electron chi connectivity index (χ0n) is 7.97. The van der Waals surface area contributed by atoms with E-state index in [4.69, 9.17) is 4.74 Å². The molecule has 0 spiro atoms. The Morgan fingerprint density at radius 2 is 2.33 bits per heavy atom. The van der Waals surface area contributed by atoms with Crippen LogP contribution in [0, 0.1) is 0 Å². The standard InChI is InChI=1S/C10H18O2/c1-3-4-6-10(11)7-5-8-9(10,2)12-8/h8,11H,3-7H2,1-2H3/t8-,9-,10+/m1/s1. The van der Waals surface area contributed by atoms with Crippen molar-refractivity contribution < 1.29 is 9.84 Å². The first-order chi connectivity index (χ1) is 5.62. The number of hydrogen-bond acceptors (Lipinski definition) is 2. The van der Waals surface area contributed by atoms with Gasteiger partial charge in [-0.3, -0.25) is 0 Å². The fraction of sp³-hybridized carbons (Fsp3) is 1.00. The Morgan fingerprint density at radius 3 is 2.75 bits per heavy atom. The van der Waals surface area contributed by atoms with Crippen LogP contribution in [0.3, 0.4) is 0 Å². The molecule has 70 valence electrons. The molecule has 1 saturated heterocycles. The smallest absolute Gasteiger partial charge is 0.120 e. The highest BCUT2D eigenvalue weighted by molar-refractivity contribution is 5.18. The molecule has 0 bridgehead atoms. The van der Waals surface area contributed by atoms with Crippen molar-refractivity contribution in [3.05, 3.63) is 0 Å². The Balaban J connectivity index is 2.00. The Morgan fingerprint density at radius 1 is 1.58 bits per heavy atom. The molecule has 0 amide bonds. The van der Waals surface area contributed by atoms with Gasteiger partial charge in [-0.1, -0.05) is 19.8 Å². The van der Waals surface area contributed by atoms with Crippen molar-refractivity contribution in [3.63, 3.8) is 0 Å². The minimum absolute atomic E-state index is 0.178. The van der Waals surface area contributed by atoms with Crippen molar-refractivity contribution in [2.24, 2.45) is 0 Å². The van der Waals surface area contributed by atoms with Gasteiger partial charge in [0.2, 0.25) is 0 Å². The third-order valence-corrected chi connectivity index (χ3v) is 3.63. The molecule has 1 heterocycles. The van der Waals surface area contributed by atoms with E-state index >= 15 is 0 Å². The Bertz CT molecular complexity index is 190. The van der Waals surface area contributed by atoms with E-state index in [1.807, 2.05) is 0 Å². The van der Waals surface area contributed by atoms with Crippen LogP contribution in [0.4, 0.5) is 0 Å². The number of fused-ring (bicyclic) bond motifs is 1. The van der Waals surface area contributed by atoms with Crippen LogP contribution in [0.15, 0.2) is 0 Å². The minimum atomic E-state index is -0.506. The molecule has 2 nitrogen and oxygen atoms in total. The average molecular weight is 170 g/mol. The van der Waals surface area contributed by atoms with E-state index in [9.17, 15) is 5.11 Å². The lowest BCUT2D eigenvalue weighted by atomic mass is 9.86. The molecule has 2 aliphatic rings. The van der Waals surface area contributed by atoms with E-state index < -0.39 is 5.60 Å². The molecule has 0 aromatic carbocycles. The normalized spacial score (nSPS) is 50.8. The maximum Gasteiger partial charge on any atom is 0.120 e. The summed E-state index contributed by atoms with van der Waals surface area (Å²) in [7, 11) is 0. The van der Waals surface area contributed by atoms with Gasteiger partial charge in [-0.15, -0.1) is 0 Å². The molecular formula is C10H18O2. The van der Waals surface area contributed by atoms with Crippen LogP contribution < -0.4 is 0 Å². The molecule has 2 heteroatoms. The zero-order valence-corrected chi connectivity index (χ0v) is 7.97. The zero-order chi connectivity index (χ0) is 8.82. The highest BCUT2D eigenvalue weighted by Crippen LogP contribution is 2.57. The molecule has 0 unspecified atom stereocenters. The number of epoxide rings is 1. The van der Waals surface area contributed by atoms with Crippen LogP contribution in [0.1, 0.15) is 46.0 Å². The number of unbranched alkanes of at least 4 members (excludes halogenated alkanes) is 1. The first kappa shape index (κ1) is 8.52. The highest BCUT2D eigenvalue weighted by Gasteiger charge is 2.69. The quantitative estimate of drug-likeness (QED) is 0.656. The molecule has 12 heavy (non-hydrogen) atoms. The van der Waals surface area contributed by atoms with Gasteiger partial charge in [-0.2, -0.15) is 0 Å². The van der Waals surface area contributed by atoms with Crippen molar-refractivity contribution in [1.29, 1.82) is 0 Å². The summed E-state index contributed by atoms with van der Waals surface area (Å²) in [4.78, 5) is 0. The minimum Gasteiger partial charge on any atom is -0.387 e. The predicted octanol–water partition coefficient (Wildman–Crippen LogP) is 1.86. The van der Waals surface area contributed by atoms with Crippen LogP contribution in [0.5, 0.6) is 0 Å². The van der Waals surface area contributed by atoms with E-state index in [1.165, 1.54) is 0 Å². The predicted molar refractivity (Wildman–Crippen MR) is 47.0 cm³/mol. The van der Waals surface area contributed by atoms with Gasteiger partial charge in [0, 0.05) is 0 Å². The molecule has 0 aromatic heterocycles. The molecule has 0 aromatic rings. The molecular weight excluding hydrogens is 152 g/mol. The lowest BCUT2D eigenvalue weighted by Crippen LogP contribution is -2.40. The van der Waals surface area contributed by atoms with Crippen molar-refractivity contribution in [3.8, 4) is 0 Å². The van der Waals surface area contributed by atoms with Gasteiger partial charge in [0.25, 0.3) is 0 Å². The lowest BCUT2D eigenvalue weighted by molar-refractivity contribution is -0.0434.